The number of sulfonamides is 1. The second-order valence-electron chi connectivity index (χ2n) is 5.22. The largest absolute Gasteiger partial charge is 0.475 e. The number of carboxylic acids is 1. The van der Waals surface area contributed by atoms with Crippen LogP contribution in [0.3, 0.4) is 0 Å². The molecule has 0 aliphatic heterocycles. The van der Waals surface area contributed by atoms with Crippen LogP contribution >= 0.6 is 11.6 Å². The summed E-state index contributed by atoms with van der Waals surface area (Å²) in [5.41, 5.74) is 0.500. The molecule has 0 saturated carbocycles. The van der Waals surface area contributed by atoms with Crippen LogP contribution in [0.1, 0.15) is 10.6 Å². The van der Waals surface area contributed by atoms with E-state index in [-0.39, 0.29) is 27.1 Å². The van der Waals surface area contributed by atoms with E-state index in [1.807, 2.05) is 0 Å². The van der Waals surface area contributed by atoms with Gasteiger partial charge in [-0.3, -0.25) is 4.72 Å². The predicted octanol–water partition coefficient (Wildman–Crippen LogP) is 4.24. The van der Waals surface area contributed by atoms with Gasteiger partial charge in [0.05, 0.1) is 9.92 Å². The van der Waals surface area contributed by atoms with E-state index in [1.165, 1.54) is 30.3 Å². The minimum atomic E-state index is -3.93. The van der Waals surface area contributed by atoms with Gasteiger partial charge in [-0.15, -0.1) is 0 Å². The second-order valence-corrected chi connectivity index (χ2v) is 7.31. The Kier molecular flexibility index (Phi) is 4.71. The maximum atomic E-state index is 13.0. The number of carbonyl (C=O) groups is 1. The van der Waals surface area contributed by atoms with Gasteiger partial charge >= 0.3 is 5.97 Å². The molecular weight excluding hydrogens is 385 g/mol. The number of hydrogen-bond donors (Lipinski definition) is 2. The van der Waals surface area contributed by atoms with Gasteiger partial charge in [0.15, 0.2) is 0 Å². The summed E-state index contributed by atoms with van der Waals surface area (Å²) in [4.78, 5) is 10.8. The molecule has 134 valence electrons. The molecule has 1 heterocycles. The Labute approximate surface area is 152 Å². The van der Waals surface area contributed by atoms with E-state index in [1.54, 1.807) is 0 Å². The molecule has 0 radical (unpaired) electrons. The minimum Gasteiger partial charge on any atom is -0.475 e. The summed E-state index contributed by atoms with van der Waals surface area (Å²) in [6.45, 7) is 0. The van der Waals surface area contributed by atoms with Crippen LogP contribution < -0.4 is 4.72 Å². The minimum absolute atomic E-state index is 0.110. The van der Waals surface area contributed by atoms with Crippen molar-refractivity contribution >= 4 is 33.3 Å². The van der Waals surface area contributed by atoms with E-state index >= 15 is 0 Å². The van der Waals surface area contributed by atoms with E-state index in [2.05, 4.69) is 4.72 Å². The molecule has 3 aromatic rings. The second kappa shape index (κ2) is 6.81. The lowest BCUT2D eigenvalue weighted by Gasteiger charge is -2.10. The summed E-state index contributed by atoms with van der Waals surface area (Å²) in [5, 5.41) is 9.17. The van der Waals surface area contributed by atoms with Gasteiger partial charge in [-0.2, -0.15) is 0 Å². The van der Waals surface area contributed by atoms with Crippen LogP contribution in [-0.4, -0.2) is 19.5 Å². The highest BCUT2D eigenvalue weighted by molar-refractivity contribution is 7.92. The zero-order valence-corrected chi connectivity index (χ0v) is 14.5. The first-order valence-electron chi connectivity index (χ1n) is 7.18. The van der Waals surface area contributed by atoms with E-state index in [0.29, 0.717) is 5.56 Å². The van der Waals surface area contributed by atoms with Gasteiger partial charge < -0.3 is 9.52 Å². The van der Waals surface area contributed by atoms with Gasteiger partial charge in [0.25, 0.3) is 10.0 Å². The first kappa shape index (κ1) is 18.0. The van der Waals surface area contributed by atoms with E-state index < -0.39 is 21.8 Å². The molecule has 0 saturated heterocycles. The molecule has 9 heteroatoms. The molecule has 1 aromatic heterocycles. The van der Waals surface area contributed by atoms with Crippen molar-refractivity contribution in [1.29, 1.82) is 0 Å². The Hall–Kier alpha value is -2.84. The Morgan fingerprint density at radius 2 is 1.77 bits per heavy atom. The van der Waals surface area contributed by atoms with Crippen LogP contribution in [0.2, 0.25) is 5.02 Å². The Morgan fingerprint density at radius 3 is 2.38 bits per heavy atom. The van der Waals surface area contributed by atoms with Crippen LogP contribution in [0.25, 0.3) is 11.3 Å². The highest BCUT2D eigenvalue weighted by Crippen LogP contribution is 2.32. The van der Waals surface area contributed by atoms with Gasteiger partial charge in [0.1, 0.15) is 11.6 Å². The highest BCUT2D eigenvalue weighted by Gasteiger charge is 2.17. The number of hydrogen-bond acceptors (Lipinski definition) is 4. The van der Waals surface area contributed by atoms with Crippen molar-refractivity contribution in [3.63, 3.8) is 0 Å². The SMILES string of the molecule is O=C(O)c1ccc(-c2cc(NS(=O)(=O)c3ccc(F)cc3)ccc2Cl)o1. The number of furan rings is 1. The molecule has 0 amide bonds. The van der Waals surface area contributed by atoms with Crippen molar-refractivity contribution < 1.29 is 27.1 Å². The van der Waals surface area contributed by atoms with Crippen molar-refractivity contribution in [3.05, 3.63) is 71.2 Å². The van der Waals surface area contributed by atoms with Gasteiger partial charge in [0.2, 0.25) is 5.76 Å². The summed E-state index contributed by atoms with van der Waals surface area (Å²) in [5.74, 6) is -1.88. The Bertz CT molecular complexity index is 1080. The molecule has 26 heavy (non-hydrogen) atoms. The maximum absolute atomic E-state index is 13.0. The molecule has 0 atom stereocenters. The van der Waals surface area contributed by atoms with E-state index in [4.69, 9.17) is 21.1 Å². The van der Waals surface area contributed by atoms with Crippen LogP contribution in [-0.2, 0) is 10.0 Å². The maximum Gasteiger partial charge on any atom is 0.371 e. The number of halogens is 2. The molecule has 6 nitrogen and oxygen atoms in total. The monoisotopic (exact) mass is 395 g/mol. The van der Waals surface area contributed by atoms with E-state index in [0.717, 1.165) is 24.3 Å². The van der Waals surface area contributed by atoms with Crippen molar-refractivity contribution in [1.82, 2.24) is 0 Å². The van der Waals surface area contributed by atoms with Crippen molar-refractivity contribution in [2.45, 2.75) is 4.90 Å². The first-order valence-corrected chi connectivity index (χ1v) is 9.04. The van der Waals surface area contributed by atoms with Gasteiger partial charge in [-0.25, -0.2) is 17.6 Å². The van der Waals surface area contributed by atoms with Crippen LogP contribution in [0, 0.1) is 5.82 Å². The zero-order chi connectivity index (χ0) is 18.9. The summed E-state index contributed by atoms with van der Waals surface area (Å²) in [7, 11) is -3.93. The smallest absolute Gasteiger partial charge is 0.371 e. The molecule has 0 aliphatic carbocycles. The fraction of sp³-hybridized carbons (Fsp3) is 0. The lowest BCUT2D eigenvalue weighted by atomic mass is 10.1. The Balaban J connectivity index is 1.94. The zero-order valence-electron chi connectivity index (χ0n) is 12.9. The molecule has 0 unspecified atom stereocenters. The first-order chi connectivity index (χ1) is 12.3. The molecule has 3 rings (SSSR count). The summed E-state index contributed by atoms with van der Waals surface area (Å²) in [6, 6.07) is 11.3. The predicted molar refractivity (Wildman–Crippen MR) is 93.3 cm³/mol. The third-order valence-corrected chi connectivity index (χ3v) is 5.15. The number of aromatic carboxylic acids is 1. The lowest BCUT2D eigenvalue weighted by Crippen LogP contribution is -2.12. The van der Waals surface area contributed by atoms with Gasteiger partial charge in [-0.1, -0.05) is 11.6 Å². The highest BCUT2D eigenvalue weighted by atomic mass is 35.5. The molecule has 0 aliphatic rings. The molecule has 0 spiro atoms. The lowest BCUT2D eigenvalue weighted by molar-refractivity contribution is 0.0663. The third kappa shape index (κ3) is 3.71. The number of rotatable bonds is 5. The van der Waals surface area contributed by atoms with Crippen LogP contribution in [0.4, 0.5) is 10.1 Å². The number of nitrogens with one attached hydrogen (secondary N) is 1. The Morgan fingerprint density at radius 1 is 1.08 bits per heavy atom. The topological polar surface area (TPSA) is 96.6 Å². The fourth-order valence-electron chi connectivity index (χ4n) is 2.20. The number of anilines is 1. The molecule has 2 N–H and O–H groups in total. The number of carboxylic acid groups (broad SMARTS) is 1. The third-order valence-electron chi connectivity index (χ3n) is 3.42. The summed E-state index contributed by atoms with van der Waals surface area (Å²) in [6.07, 6.45) is 0. The van der Waals surface area contributed by atoms with Crippen LogP contribution in [0.15, 0.2) is 63.9 Å². The van der Waals surface area contributed by atoms with Crippen molar-refractivity contribution in [3.8, 4) is 11.3 Å². The fourth-order valence-corrected chi connectivity index (χ4v) is 3.46. The molecule has 0 bridgehead atoms. The van der Waals surface area contributed by atoms with Gasteiger partial charge in [-0.05, 0) is 54.6 Å². The normalized spacial score (nSPS) is 11.3. The van der Waals surface area contributed by atoms with E-state index in [9.17, 15) is 17.6 Å². The summed E-state index contributed by atoms with van der Waals surface area (Å²) < 4.78 is 45.3. The van der Waals surface area contributed by atoms with Crippen molar-refractivity contribution in [2.24, 2.45) is 0 Å². The van der Waals surface area contributed by atoms with Gasteiger partial charge in [0, 0.05) is 11.3 Å². The molecule has 2 aromatic carbocycles. The average Bonchev–Trinajstić information content (AvgIpc) is 3.07. The van der Waals surface area contributed by atoms with Crippen molar-refractivity contribution in [2.75, 3.05) is 4.72 Å². The molecule has 0 fully saturated rings. The summed E-state index contributed by atoms with van der Waals surface area (Å²) >= 11 is 6.10. The quantitative estimate of drug-likeness (QED) is 0.673. The number of benzene rings is 2. The molecular formula is C17H11ClFNO5S. The van der Waals surface area contributed by atoms with Crippen LogP contribution in [0.5, 0.6) is 0 Å². The standard InChI is InChI=1S/C17H11ClFNO5S/c18-14-6-3-11(9-13(14)15-7-8-16(25-15)17(21)22)20-26(23,24)12-4-1-10(19)2-5-12/h1-9,20H,(H,21,22). The average molecular weight is 396 g/mol.